The van der Waals surface area contributed by atoms with Gasteiger partial charge in [-0.05, 0) is 53.8 Å². The quantitative estimate of drug-likeness (QED) is 0.617. The standard InChI is InChI=1S/C25H19N3O/c26-18-25(23-8-2-1-3-9-23)14-21(12-19-6-4-10-27-16-19)24(29)22(15-25)13-20-7-5-11-28-17-20/h1-13,16-17H,14-15H2/b21-12+,22-13+. The summed E-state index contributed by atoms with van der Waals surface area (Å²) in [6.45, 7) is 0. The van der Waals surface area contributed by atoms with Crippen LogP contribution in [0.15, 0.2) is 90.5 Å². The number of nitriles is 1. The monoisotopic (exact) mass is 377 g/mol. The second-order valence-electron chi connectivity index (χ2n) is 7.15. The highest BCUT2D eigenvalue weighted by Gasteiger charge is 2.41. The fourth-order valence-corrected chi connectivity index (χ4v) is 3.74. The summed E-state index contributed by atoms with van der Waals surface area (Å²) < 4.78 is 0. The molecule has 0 spiro atoms. The minimum atomic E-state index is -0.794. The van der Waals surface area contributed by atoms with Crippen molar-refractivity contribution in [1.29, 1.82) is 5.26 Å². The third-order valence-electron chi connectivity index (χ3n) is 5.16. The number of ketones is 1. The number of Topliss-reactive ketones (excluding diaryl/α,β-unsaturated/α-hetero) is 1. The molecular formula is C25H19N3O. The first kappa shape index (κ1) is 18.5. The Hall–Kier alpha value is -3.84. The summed E-state index contributed by atoms with van der Waals surface area (Å²) in [6, 6.07) is 19.7. The Morgan fingerprint density at radius 3 is 1.83 bits per heavy atom. The van der Waals surface area contributed by atoms with E-state index in [0.717, 1.165) is 16.7 Å². The molecule has 1 fully saturated rings. The smallest absolute Gasteiger partial charge is 0.185 e. The first-order chi connectivity index (χ1) is 14.2. The number of rotatable bonds is 3. The lowest BCUT2D eigenvalue weighted by molar-refractivity contribution is -0.113. The van der Waals surface area contributed by atoms with Crippen molar-refractivity contribution < 1.29 is 4.79 Å². The van der Waals surface area contributed by atoms with Crippen LogP contribution in [0.1, 0.15) is 29.5 Å². The number of hydrogen-bond acceptors (Lipinski definition) is 4. The molecule has 0 unspecified atom stereocenters. The predicted octanol–water partition coefficient (Wildman–Crippen LogP) is 4.77. The summed E-state index contributed by atoms with van der Waals surface area (Å²) in [5, 5.41) is 10.2. The van der Waals surface area contributed by atoms with Crippen molar-refractivity contribution >= 4 is 17.9 Å². The Labute approximate surface area is 169 Å². The number of allylic oxidation sites excluding steroid dienone is 2. The Morgan fingerprint density at radius 1 is 0.828 bits per heavy atom. The molecule has 0 saturated heterocycles. The van der Waals surface area contributed by atoms with Crippen LogP contribution < -0.4 is 0 Å². The van der Waals surface area contributed by atoms with Crippen LogP contribution in [0.25, 0.3) is 12.2 Å². The molecule has 4 nitrogen and oxygen atoms in total. The average Bonchev–Trinajstić information content (AvgIpc) is 2.78. The third-order valence-corrected chi connectivity index (χ3v) is 5.16. The topological polar surface area (TPSA) is 66.6 Å². The van der Waals surface area contributed by atoms with Gasteiger partial charge in [-0.25, -0.2) is 0 Å². The van der Waals surface area contributed by atoms with Crippen LogP contribution in [0.5, 0.6) is 0 Å². The fraction of sp³-hybridized carbons (Fsp3) is 0.120. The van der Waals surface area contributed by atoms with Crippen molar-refractivity contribution in [2.75, 3.05) is 0 Å². The molecule has 2 heterocycles. The normalized spacial score (nSPS) is 21.8. The van der Waals surface area contributed by atoms with Gasteiger partial charge in [0.1, 0.15) is 0 Å². The van der Waals surface area contributed by atoms with E-state index >= 15 is 0 Å². The highest BCUT2D eigenvalue weighted by atomic mass is 16.1. The maximum atomic E-state index is 13.3. The zero-order chi connectivity index (χ0) is 20.1. The lowest BCUT2D eigenvalue weighted by Crippen LogP contribution is -2.33. The molecule has 1 aromatic carbocycles. The Balaban J connectivity index is 1.84. The zero-order valence-corrected chi connectivity index (χ0v) is 15.8. The van der Waals surface area contributed by atoms with Crippen molar-refractivity contribution in [3.8, 4) is 6.07 Å². The van der Waals surface area contributed by atoms with E-state index in [1.165, 1.54) is 0 Å². The van der Waals surface area contributed by atoms with Gasteiger partial charge in [0.25, 0.3) is 0 Å². The molecule has 0 radical (unpaired) electrons. The molecule has 4 heteroatoms. The lowest BCUT2D eigenvalue weighted by Gasteiger charge is -2.33. The van der Waals surface area contributed by atoms with Gasteiger partial charge in [0.2, 0.25) is 0 Å². The highest BCUT2D eigenvalue weighted by Crippen LogP contribution is 2.43. The van der Waals surface area contributed by atoms with Crippen LogP contribution in [-0.2, 0) is 10.2 Å². The molecule has 0 bridgehead atoms. The second kappa shape index (κ2) is 8.04. The average molecular weight is 377 g/mol. The summed E-state index contributed by atoms with van der Waals surface area (Å²) in [7, 11) is 0. The van der Waals surface area contributed by atoms with Gasteiger partial charge in [-0.1, -0.05) is 42.5 Å². The molecule has 3 aromatic rings. The molecule has 140 valence electrons. The molecule has 0 aliphatic heterocycles. The number of hydrogen-bond donors (Lipinski definition) is 0. The number of nitrogens with zero attached hydrogens (tertiary/aromatic N) is 3. The molecule has 1 aliphatic carbocycles. The molecule has 0 N–H and O–H groups in total. The first-order valence-corrected chi connectivity index (χ1v) is 9.43. The van der Waals surface area contributed by atoms with Crippen LogP contribution in [-0.4, -0.2) is 15.8 Å². The predicted molar refractivity (Wildman–Crippen MR) is 112 cm³/mol. The van der Waals surface area contributed by atoms with Crippen LogP contribution >= 0.6 is 0 Å². The van der Waals surface area contributed by atoms with E-state index in [4.69, 9.17) is 0 Å². The highest BCUT2D eigenvalue weighted by molar-refractivity contribution is 6.14. The van der Waals surface area contributed by atoms with Gasteiger partial charge >= 0.3 is 0 Å². The number of pyridine rings is 2. The van der Waals surface area contributed by atoms with E-state index in [1.807, 2.05) is 66.7 Å². The maximum Gasteiger partial charge on any atom is 0.185 e. The van der Waals surface area contributed by atoms with Crippen molar-refractivity contribution in [3.05, 3.63) is 107 Å². The number of carbonyl (C=O) groups is 1. The van der Waals surface area contributed by atoms with E-state index in [0.29, 0.717) is 24.0 Å². The van der Waals surface area contributed by atoms with Gasteiger partial charge in [-0.2, -0.15) is 5.26 Å². The maximum absolute atomic E-state index is 13.3. The van der Waals surface area contributed by atoms with Gasteiger partial charge in [0.05, 0.1) is 11.5 Å². The fourth-order valence-electron chi connectivity index (χ4n) is 3.74. The minimum Gasteiger partial charge on any atom is -0.289 e. The van der Waals surface area contributed by atoms with E-state index in [1.54, 1.807) is 24.8 Å². The number of aromatic nitrogens is 2. The molecule has 1 saturated carbocycles. The Bertz CT molecular complexity index is 1050. The first-order valence-electron chi connectivity index (χ1n) is 9.43. The SMILES string of the molecule is N#CC1(c2ccccc2)C/C(=C\c2cccnc2)C(=O)/C(=C/c2cccnc2)C1. The van der Waals surface area contributed by atoms with E-state index in [9.17, 15) is 10.1 Å². The Morgan fingerprint density at radius 2 is 1.38 bits per heavy atom. The second-order valence-corrected chi connectivity index (χ2v) is 7.15. The van der Waals surface area contributed by atoms with Gasteiger partial charge in [-0.3, -0.25) is 14.8 Å². The summed E-state index contributed by atoms with van der Waals surface area (Å²) in [5.74, 6) is -0.0282. The van der Waals surface area contributed by atoms with Crippen molar-refractivity contribution in [2.45, 2.75) is 18.3 Å². The van der Waals surface area contributed by atoms with Crippen molar-refractivity contribution in [1.82, 2.24) is 9.97 Å². The van der Waals surface area contributed by atoms with Crippen LogP contribution in [0.2, 0.25) is 0 Å². The molecular weight excluding hydrogens is 358 g/mol. The largest absolute Gasteiger partial charge is 0.289 e. The minimum absolute atomic E-state index is 0.0282. The van der Waals surface area contributed by atoms with Crippen LogP contribution in [0, 0.1) is 11.3 Å². The van der Waals surface area contributed by atoms with Crippen molar-refractivity contribution in [2.24, 2.45) is 0 Å². The van der Waals surface area contributed by atoms with E-state index in [2.05, 4.69) is 16.0 Å². The van der Waals surface area contributed by atoms with Crippen LogP contribution in [0.3, 0.4) is 0 Å². The van der Waals surface area contributed by atoms with E-state index < -0.39 is 5.41 Å². The molecule has 4 rings (SSSR count). The summed E-state index contributed by atoms with van der Waals surface area (Å²) in [6.07, 6.45) is 11.3. The summed E-state index contributed by atoms with van der Waals surface area (Å²) in [4.78, 5) is 21.5. The molecule has 29 heavy (non-hydrogen) atoms. The third kappa shape index (κ3) is 3.90. The molecule has 0 amide bonds. The van der Waals surface area contributed by atoms with Gasteiger partial charge in [-0.15, -0.1) is 0 Å². The van der Waals surface area contributed by atoms with Gasteiger partial charge in [0, 0.05) is 35.9 Å². The van der Waals surface area contributed by atoms with Gasteiger partial charge in [0.15, 0.2) is 5.78 Å². The summed E-state index contributed by atoms with van der Waals surface area (Å²) in [5.41, 5.74) is 3.05. The van der Waals surface area contributed by atoms with Crippen molar-refractivity contribution in [3.63, 3.8) is 0 Å². The van der Waals surface area contributed by atoms with Crippen LogP contribution in [0.4, 0.5) is 0 Å². The van der Waals surface area contributed by atoms with Gasteiger partial charge < -0.3 is 0 Å². The summed E-state index contributed by atoms with van der Waals surface area (Å²) >= 11 is 0. The molecule has 2 aromatic heterocycles. The molecule has 0 atom stereocenters. The zero-order valence-electron chi connectivity index (χ0n) is 15.8. The number of benzene rings is 1. The number of carbonyl (C=O) groups excluding carboxylic acids is 1. The Kier molecular flexibility index (Phi) is 5.13. The van der Waals surface area contributed by atoms with E-state index in [-0.39, 0.29) is 5.78 Å². The lowest BCUT2D eigenvalue weighted by atomic mass is 9.66. The molecule has 1 aliphatic rings.